The quantitative estimate of drug-likeness (QED) is 0.0524. The molecule has 0 aliphatic rings. The van der Waals surface area contributed by atoms with E-state index in [0.29, 0.717) is 24.7 Å². The van der Waals surface area contributed by atoms with Gasteiger partial charge in [0, 0.05) is 18.2 Å². The molecule has 0 aliphatic heterocycles. The second kappa shape index (κ2) is 43.0. The topological polar surface area (TPSA) is 212 Å². The van der Waals surface area contributed by atoms with Gasteiger partial charge in [-0.1, -0.05) is 25.3 Å². The number of hydrogen-bond acceptors (Lipinski definition) is 23. The minimum atomic E-state index is 0.115. The Morgan fingerprint density at radius 2 is 0.526 bits per heavy atom. The normalized spacial score (nSPS) is 11.3. The molecule has 332 valence electrons. The largest absolute Gasteiger partial charge is 0.496 e. The van der Waals surface area contributed by atoms with Crippen molar-refractivity contribution in [3.05, 3.63) is 36.4 Å². The number of hydrogen-bond donors (Lipinski definition) is 0. The Bertz CT molecular complexity index is 1020. The van der Waals surface area contributed by atoms with Crippen molar-refractivity contribution >= 4 is 12.2 Å². The van der Waals surface area contributed by atoms with Crippen LogP contribution in [0.4, 0.5) is 0 Å². The van der Waals surface area contributed by atoms with Crippen LogP contribution in [-0.4, -0.2) is 160 Å². The van der Waals surface area contributed by atoms with Crippen LogP contribution in [0.1, 0.15) is 11.1 Å². The standard InChI is InChI=1S/C34H58O23/c1-5-31-30-34(32(6-2)29-33(31)36-4)37-8-10-39-41-12-14-43-45-16-18-47-49-20-22-51-53-24-26-55-57-28-27-56-54-25-23-52-50-21-19-48-46-17-15-44-42-13-11-40-38-9-7-35-3/h5-6,29-30H,1-2,7-28H2,3-4H3. The van der Waals surface area contributed by atoms with Crippen LogP contribution >= 0.6 is 0 Å². The molecule has 1 aromatic carbocycles. The number of ether oxygens (including phenoxy) is 3. The molecule has 57 heavy (non-hydrogen) atoms. The van der Waals surface area contributed by atoms with Crippen molar-refractivity contribution in [2.45, 2.75) is 0 Å². The molecule has 0 atom stereocenters. The third-order valence-electron chi connectivity index (χ3n) is 5.68. The summed E-state index contributed by atoms with van der Waals surface area (Å²) < 4.78 is 15.9. The van der Waals surface area contributed by atoms with Gasteiger partial charge in [0.2, 0.25) is 0 Å². The fourth-order valence-corrected chi connectivity index (χ4v) is 3.31. The molecule has 0 saturated heterocycles. The maximum absolute atomic E-state index is 5.74. The first-order valence-electron chi connectivity index (χ1n) is 17.8. The molecule has 0 aliphatic carbocycles. The Balaban J connectivity index is 1.68. The lowest BCUT2D eigenvalue weighted by molar-refractivity contribution is -0.379. The van der Waals surface area contributed by atoms with Gasteiger partial charge in [-0.15, -0.1) is 0 Å². The van der Waals surface area contributed by atoms with E-state index in [1.165, 1.54) is 0 Å². The highest BCUT2D eigenvalue weighted by atomic mass is 17.3. The highest BCUT2D eigenvalue weighted by Crippen LogP contribution is 2.30. The van der Waals surface area contributed by atoms with Gasteiger partial charge in [0.1, 0.15) is 150 Å². The average Bonchev–Trinajstić information content (AvgIpc) is 3.23. The van der Waals surface area contributed by atoms with Crippen LogP contribution in [0.5, 0.6) is 11.5 Å². The van der Waals surface area contributed by atoms with E-state index < -0.39 is 0 Å². The van der Waals surface area contributed by atoms with Crippen molar-refractivity contribution in [1.82, 2.24) is 0 Å². The van der Waals surface area contributed by atoms with Crippen LogP contribution in [0.2, 0.25) is 0 Å². The predicted molar refractivity (Wildman–Crippen MR) is 190 cm³/mol. The van der Waals surface area contributed by atoms with Gasteiger partial charge in [-0.25, -0.2) is 97.8 Å². The van der Waals surface area contributed by atoms with Crippen molar-refractivity contribution in [2.75, 3.05) is 160 Å². The van der Waals surface area contributed by atoms with Gasteiger partial charge in [-0.05, 0) is 12.1 Å². The summed E-state index contributed by atoms with van der Waals surface area (Å²) in [5.41, 5.74) is 1.59. The molecule has 23 heteroatoms. The minimum absolute atomic E-state index is 0.115. The van der Waals surface area contributed by atoms with Gasteiger partial charge in [0.25, 0.3) is 0 Å². The van der Waals surface area contributed by atoms with Crippen LogP contribution in [0.15, 0.2) is 25.3 Å². The smallest absolute Gasteiger partial charge is 0.127 e. The molecule has 1 aromatic rings. The maximum atomic E-state index is 5.74. The minimum Gasteiger partial charge on any atom is -0.496 e. The van der Waals surface area contributed by atoms with E-state index in [1.54, 1.807) is 26.4 Å². The fourth-order valence-electron chi connectivity index (χ4n) is 3.31. The summed E-state index contributed by atoms with van der Waals surface area (Å²) >= 11 is 0. The summed E-state index contributed by atoms with van der Waals surface area (Å²) in [7, 11) is 3.15. The second-order valence-corrected chi connectivity index (χ2v) is 9.82. The average molecular weight is 835 g/mol. The van der Waals surface area contributed by atoms with Crippen LogP contribution in [-0.2, 0) is 102 Å². The molecule has 0 bridgehead atoms. The van der Waals surface area contributed by atoms with Crippen LogP contribution in [0.25, 0.3) is 12.2 Å². The van der Waals surface area contributed by atoms with E-state index in [1.807, 2.05) is 12.1 Å². The molecule has 0 spiro atoms. The van der Waals surface area contributed by atoms with Crippen molar-refractivity contribution in [3.8, 4) is 11.5 Å². The van der Waals surface area contributed by atoms with Gasteiger partial charge >= 0.3 is 0 Å². The summed E-state index contributed by atoms with van der Waals surface area (Å²) in [5.74, 6) is 1.31. The highest BCUT2D eigenvalue weighted by molar-refractivity contribution is 5.66. The SMILES string of the molecule is C=Cc1cc(OCCOOCCOOCCOOCCOOCCOOCCOOCCOOCCOOCCOOCCOOCCOC)c(C=C)cc1OC. The number of methoxy groups -OCH3 is 2. The van der Waals surface area contributed by atoms with Crippen molar-refractivity contribution in [2.24, 2.45) is 0 Å². The zero-order chi connectivity index (χ0) is 41.0. The zero-order valence-electron chi connectivity index (χ0n) is 32.7. The lowest BCUT2D eigenvalue weighted by atomic mass is 10.1. The van der Waals surface area contributed by atoms with E-state index in [9.17, 15) is 0 Å². The number of rotatable bonds is 47. The van der Waals surface area contributed by atoms with Gasteiger partial charge in [0.15, 0.2) is 0 Å². The number of benzene rings is 1. The van der Waals surface area contributed by atoms with Gasteiger partial charge in [-0.3, -0.25) is 0 Å². The fraction of sp³-hybridized carbons (Fsp3) is 0.706. The van der Waals surface area contributed by atoms with Crippen molar-refractivity contribution < 1.29 is 112 Å². The van der Waals surface area contributed by atoms with E-state index in [-0.39, 0.29) is 132 Å². The molecule has 1 rings (SSSR count). The first kappa shape index (κ1) is 52.5. The summed E-state index contributed by atoms with van der Waals surface area (Å²) in [6, 6.07) is 3.64. The Morgan fingerprint density at radius 1 is 0.316 bits per heavy atom. The third-order valence-corrected chi connectivity index (χ3v) is 5.68. The monoisotopic (exact) mass is 834 g/mol. The van der Waals surface area contributed by atoms with Crippen LogP contribution in [0, 0.1) is 0 Å². The van der Waals surface area contributed by atoms with Crippen molar-refractivity contribution in [3.63, 3.8) is 0 Å². The molecule has 0 amide bonds. The van der Waals surface area contributed by atoms with Gasteiger partial charge in [0.05, 0.1) is 13.7 Å². The molecule has 0 saturated carbocycles. The molecule has 0 radical (unpaired) electrons. The zero-order valence-corrected chi connectivity index (χ0v) is 32.7. The summed E-state index contributed by atoms with van der Waals surface area (Å²) in [6.45, 7) is 11.2. The first-order valence-corrected chi connectivity index (χ1v) is 17.8. The molecule has 0 aromatic heterocycles. The second-order valence-electron chi connectivity index (χ2n) is 9.82. The molecular weight excluding hydrogens is 776 g/mol. The van der Waals surface area contributed by atoms with E-state index in [2.05, 4.69) is 13.2 Å². The Labute approximate surface area is 331 Å². The van der Waals surface area contributed by atoms with Gasteiger partial charge < -0.3 is 14.2 Å². The Kier molecular flexibility index (Phi) is 39.6. The summed E-state index contributed by atoms with van der Waals surface area (Å²) in [4.78, 5) is 98.0. The predicted octanol–water partition coefficient (Wildman–Crippen LogP) is 2.49. The molecule has 0 N–H and O–H groups in total. The molecule has 23 nitrogen and oxygen atoms in total. The van der Waals surface area contributed by atoms with Crippen molar-refractivity contribution in [1.29, 1.82) is 0 Å². The summed E-state index contributed by atoms with van der Waals surface area (Å²) in [6.07, 6.45) is 3.36. The highest BCUT2D eigenvalue weighted by Gasteiger charge is 2.08. The molecule has 0 unspecified atom stereocenters. The Morgan fingerprint density at radius 3 is 0.754 bits per heavy atom. The van der Waals surface area contributed by atoms with E-state index in [4.69, 9.17) is 112 Å². The van der Waals surface area contributed by atoms with E-state index >= 15 is 0 Å². The molecule has 0 fully saturated rings. The third kappa shape index (κ3) is 34.1. The Hall–Kier alpha value is -2.54. The first-order chi connectivity index (χ1) is 28.3. The molecule has 0 heterocycles. The maximum Gasteiger partial charge on any atom is 0.127 e. The summed E-state index contributed by atoms with van der Waals surface area (Å²) in [5, 5.41) is 0. The lowest BCUT2D eigenvalue weighted by Gasteiger charge is -2.13. The molecular formula is C34H58O23. The lowest BCUT2D eigenvalue weighted by Crippen LogP contribution is -2.13. The van der Waals surface area contributed by atoms with Crippen LogP contribution < -0.4 is 9.47 Å². The van der Waals surface area contributed by atoms with Gasteiger partial charge in [-0.2, -0.15) is 0 Å². The van der Waals surface area contributed by atoms with E-state index in [0.717, 1.165) is 11.1 Å². The van der Waals surface area contributed by atoms with Crippen LogP contribution in [0.3, 0.4) is 0 Å².